The van der Waals surface area contributed by atoms with Gasteiger partial charge in [0.2, 0.25) is 5.28 Å². The number of aliphatic hydroxyl groups excluding tert-OH is 1. The lowest BCUT2D eigenvalue weighted by atomic mass is 10.2. The summed E-state index contributed by atoms with van der Waals surface area (Å²) in [7, 11) is 0. The van der Waals surface area contributed by atoms with Crippen molar-refractivity contribution in [2.75, 3.05) is 12.3 Å². The highest BCUT2D eigenvalue weighted by Gasteiger charge is 2.36. The van der Waals surface area contributed by atoms with Crippen molar-refractivity contribution in [2.45, 2.75) is 24.9 Å². The normalized spacial score (nSPS) is 22.2. The second kappa shape index (κ2) is 7.10. The van der Waals surface area contributed by atoms with Gasteiger partial charge in [-0.25, -0.2) is 9.78 Å². The van der Waals surface area contributed by atoms with Crippen LogP contribution >= 0.6 is 11.6 Å². The molecule has 1 saturated heterocycles. The van der Waals surface area contributed by atoms with Crippen LogP contribution in [0.4, 0.5) is 5.82 Å². The molecule has 27 heavy (non-hydrogen) atoms. The number of hydrogen-bond donors (Lipinski definition) is 2. The SMILES string of the molecule is Nc1nc(Cl)nc2c1ncn2[C@@H]1C[C@H](O)[C@H](COC(=O)c2ccccc2)O1. The first-order chi connectivity index (χ1) is 13.0. The Morgan fingerprint density at radius 3 is 2.93 bits per heavy atom. The molecule has 9 nitrogen and oxygen atoms in total. The molecule has 3 aromatic rings. The molecule has 1 aliphatic rings. The van der Waals surface area contributed by atoms with E-state index in [1.807, 2.05) is 6.07 Å². The van der Waals surface area contributed by atoms with Crippen molar-refractivity contribution in [3.63, 3.8) is 0 Å². The molecule has 3 heterocycles. The minimum Gasteiger partial charge on any atom is -0.459 e. The summed E-state index contributed by atoms with van der Waals surface area (Å²) in [4.78, 5) is 24.2. The molecule has 3 atom stereocenters. The van der Waals surface area contributed by atoms with Gasteiger partial charge in [-0.05, 0) is 23.7 Å². The van der Waals surface area contributed by atoms with Crippen LogP contribution in [-0.2, 0) is 9.47 Å². The van der Waals surface area contributed by atoms with E-state index in [1.165, 1.54) is 6.33 Å². The summed E-state index contributed by atoms with van der Waals surface area (Å²) >= 11 is 5.87. The number of nitrogen functional groups attached to an aromatic ring is 1. The maximum atomic E-state index is 12.0. The first-order valence-electron chi connectivity index (χ1n) is 8.24. The Hall–Kier alpha value is -2.75. The van der Waals surface area contributed by atoms with Crippen molar-refractivity contribution in [1.82, 2.24) is 19.5 Å². The van der Waals surface area contributed by atoms with Gasteiger partial charge in [0, 0.05) is 6.42 Å². The molecule has 0 unspecified atom stereocenters. The average Bonchev–Trinajstić information content (AvgIpc) is 3.24. The second-order valence-electron chi connectivity index (χ2n) is 6.10. The summed E-state index contributed by atoms with van der Waals surface area (Å²) in [6.07, 6.45) is -0.251. The lowest BCUT2D eigenvalue weighted by Gasteiger charge is -2.16. The van der Waals surface area contributed by atoms with E-state index in [1.54, 1.807) is 28.8 Å². The van der Waals surface area contributed by atoms with Crippen molar-refractivity contribution in [3.05, 3.63) is 47.5 Å². The number of aliphatic hydroxyl groups is 1. The van der Waals surface area contributed by atoms with Crippen molar-refractivity contribution >= 4 is 34.6 Å². The van der Waals surface area contributed by atoms with Gasteiger partial charge in [0.05, 0.1) is 18.0 Å². The van der Waals surface area contributed by atoms with E-state index in [-0.39, 0.29) is 24.1 Å². The fraction of sp³-hybridized carbons (Fsp3) is 0.294. The Labute approximate surface area is 158 Å². The number of nitrogens with zero attached hydrogens (tertiary/aromatic N) is 4. The van der Waals surface area contributed by atoms with Crippen LogP contribution in [0.15, 0.2) is 36.7 Å². The minimum atomic E-state index is -0.814. The van der Waals surface area contributed by atoms with Gasteiger partial charge >= 0.3 is 5.97 Å². The highest BCUT2D eigenvalue weighted by atomic mass is 35.5. The van der Waals surface area contributed by atoms with Gasteiger partial charge in [-0.3, -0.25) is 4.57 Å². The number of fused-ring (bicyclic) bond motifs is 1. The van der Waals surface area contributed by atoms with Crippen molar-refractivity contribution < 1.29 is 19.4 Å². The number of aromatic nitrogens is 4. The van der Waals surface area contributed by atoms with Crippen LogP contribution in [0.1, 0.15) is 23.0 Å². The molecule has 1 aliphatic heterocycles. The maximum Gasteiger partial charge on any atom is 0.338 e. The van der Waals surface area contributed by atoms with Crippen LogP contribution in [0.5, 0.6) is 0 Å². The average molecular weight is 390 g/mol. The summed E-state index contributed by atoms with van der Waals surface area (Å²) in [5, 5.41) is 10.3. The number of carbonyl (C=O) groups is 1. The molecule has 3 N–H and O–H groups in total. The first kappa shape index (κ1) is 17.7. The molecular weight excluding hydrogens is 374 g/mol. The molecule has 0 radical (unpaired) electrons. The lowest BCUT2D eigenvalue weighted by Crippen LogP contribution is -2.28. The third-order valence-electron chi connectivity index (χ3n) is 4.32. The van der Waals surface area contributed by atoms with Gasteiger partial charge in [-0.2, -0.15) is 9.97 Å². The highest BCUT2D eigenvalue weighted by molar-refractivity contribution is 6.28. The van der Waals surface area contributed by atoms with Crippen molar-refractivity contribution in [3.8, 4) is 0 Å². The number of esters is 1. The van der Waals surface area contributed by atoms with E-state index in [0.29, 0.717) is 16.7 Å². The summed E-state index contributed by atoms with van der Waals surface area (Å²) in [6, 6.07) is 8.61. The van der Waals surface area contributed by atoms with E-state index in [4.69, 9.17) is 26.8 Å². The number of carbonyl (C=O) groups excluding carboxylic acids is 1. The number of anilines is 1. The largest absolute Gasteiger partial charge is 0.459 e. The van der Waals surface area contributed by atoms with Crippen LogP contribution in [0, 0.1) is 0 Å². The number of hydrogen-bond acceptors (Lipinski definition) is 8. The third kappa shape index (κ3) is 3.44. The van der Waals surface area contributed by atoms with E-state index < -0.39 is 24.4 Å². The standard InChI is InChI=1S/C17H16ClN5O4/c18-17-21-14(19)13-15(22-17)23(8-20-13)12-6-10(24)11(27-12)7-26-16(25)9-4-2-1-3-5-9/h1-5,8,10-12,24H,6-7H2,(H2,19,21,22)/t10-,11-,12-/m0/s1. The Morgan fingerprint density at radius 1 is 1.37 bits per heavy atom. The van der Waals surface area contributed by atoms with Crippen LogP contribution in [-0.4, -0.2) is 49.4 Å². The van der Waals surface area contributed by atoms with Crippen LogP contribution in [0.3, 0.4) is 0 Å². The van der Waals surface area contributed by atoms with E-state index in [9.17, 15) is 9.90 Å². The zero-order valence-electron chi connectivity index (χ0n) is 14.0. The fourth-order valence-electron chi connectivity index (χ4n) is 2.97. The van der Waals surface area contributed by atoms with E-state index in [0.717, 1.165) is 0 Å². The minimum absolute atomic E-state index is 0.00589. The molecule has 0 amide bonds. The smallest absolute Gasteiger partial charge is 0.338 e. The van der Waals surface area contributed by atoms with Crippen molar-refractivity contribution in [2.24, 2.45) is 0 Å². The first-order valence-corrected chi connectivity index (χ1v) is 8.62. The van der Waals surface area contributed by atoms with Crippen molar-refractivity contribution in [1.29, 1.82) is 0 Å². The van der Waals surface area contributed by atoms with Crippen LogP contribution in [0.25, 0.3) is 11.2 Å². The quantitative estimate of drug-likeness (QED) is 0.508. The summed E-state index contributed by atoms with van der Waals surface area (Å²) < 4.78 is 12.7. The highest BCUT2D eigenvalue weighted by Crippen LogP contribution is 2.32. The van der Waals surface area contributed by atoms with E-state index >= 15 is 0 Å². The molecule has 140 valence electrons. The van der Waals surface area contributed by atoms with Gasteiger partial charge in [0.1, 0.15) is 24.5 Å². The number of imidazole rings is 1. The summed E-state index contributed by atoms with van der Waals surface area (Å²) in [6.45, 7) is -0.0735. The van der Waals surface area contributed by atoms with Gasteiger partial charge in [-0.15, -0.1) is 0 Å². The molecule has 0 aliphatic carbocycles. The predicted octanol–water partition coefficient (Wildman–Crippen LogP) is 1.57. The Morgan fingerprint density at radius 2 is 2.15 bits per heavy atom. The molecule has 0 bridgehead atoms. The topological polar surface area (TPSA) is 125 Å². The molecule has 4 rings (SSSR count). The second-order valence-corrected chi connectivity index (χ2v) is 6.44. The number of nitrogens with two attached hydrogens (primary N) is 1. The van der Waals surface area contributed by atoms with Gasteiger partial charge in [0.15, 0.2) is 11.5 Å². The summed E-state index contributed by atoms with van der Waals surface area (Å²) in [5.74, 6) is -0.314. The fourth-order valence-corrected chi connectivity index (χ4v) is 3.14. The molecule has 0 saturated carbocycles. The lowest BCUT2D eigenvalue weighted by molar-refractivity contribution is -0.0509. The zero-order valence-corrected chi connectivity index (χ0v) is 14.8. The van der Waals surface area contributed by atoms with Gasteiger partial charge in [-0.1, -0.05) is 18.2 Å². The number of halogens is 1. The Balaban J connectivity index is 1.46. The molecule has 1 aromatic carbocycles. The summed E-state index contributed by atoms with van der Waals surface area (Å²) in [5.41, 5.74) is 7.04. The van der Waals surface area contributed by atoms with E-state index in [2.05, 4.69) is 15.0 Å². The molecule has 0 spiro atoms. The van der Waals surface area contributed by atoms with Crippen LogP contribution in [0.2, 0.25) is 5.28 Å². The predicted molar refractivity (Wildman–Crippen MR) is 96.0 cm³/mol. The molecule has 10 heteroatoms. The maximum absolute atomic E-state index is 12.0. The third-order valence-corrected chi connectivity index (χ3v) is 4.49. The Kier molecular flexibility index (Phi) is 4.65. The number of ether oxygens (including phenoxy) is 2. The van der Waals surface area contributed by atoms with Gasteiger partial charge < -0.3 is 20.3 Å². The molecular formula is C17H16ClN5O4. The zero-order chi connectivity index (χ0) is 19.0. The van der Waals surface area contributed by atoms with Gasteiger partial charge in [0.25, 0.3) is 0 Å². The number of benzene rings is 1. The molecule has 2 aromatic heterocycles. The monoisotopic (exact) mass is 389 g/mol. The Bertz CT molecular complexity index is 980. The van der Waals surface area contributed by atoms with Crippen LogP contribution < -0.4 is 5.73 Å². The number of rotatable bonds is 4. The molecule has 1 fully saturated rings.